The van der Waals surface area contributed by atoms with Gasteiger partial charge in [-0.1, -0.05) is 6.07 Å². The zero-order valence-electron chi connectivity index (χ0n) is 15.9. The quantitative estimate of drug-likeness (QED) is 0.531. The minimum Gasteiger partial charge on any atom is -0.310 e. The van der Waals surface area contributed by atoms with Crippen molar-refractivity contribution in [2.45, 2.75) is 13.1 Å². The van der Waals surface area contributed by atoms with E-state index < -0.39 is 6.67 Å². The molecule has 30 heavy (non-hydrogen) atoms. The first kappa shape index (κ1) is 19.3. The molecule has 0 radical (unpaired) electrons. The van der Waals surface area contributed by atoms with E-state index in [1.807, 2.05) is 12.1 Å². The number of alkyl halides is 1. The number of carbonyl (C=O) groups is 1. The van der Waals surface area contributed by atoms with E-state index in [0.717, 1.165) is 16.7 Å². The highest BCUT2D eigenvalue weighted by Crippen LogP contribution is 2.19. The van der Waals surface area contributed by atoms with E-state index in [9.17, 15) is 9.18 Å². The third-order valence-electron chi connectivity index (χ3n) is 4.33. The number of nitrogens with zero attached hydrogens (tertiary/aromatic N) is 5. The third-order valence-corrected chi connectivity index (χ3v) is 4.33. The number of anilines is 1. The summed E-state index contributed by atoms with van der Waals surface area (Å²) < 4.78 is 12.8. The van der Waals surface area contributed by atoms with E-state index in [2.05, 4.69) is 30.2 Å². The molecule has 4 aromatic heterocycles. The molecule has 7 nitrogen and oxygen atoms in total. The highest BCUT2D eigenvalue weighted by Gasteiger charge is 2.08. The topological polar surface area (TPSA) is 93.6 Å². The molecule has 0 aliphatic heterocycles. The Balaban J connectivity index is 1.38. The lowest BCUT2D eigenvalue weighted by Gasteiger charge is -2.07. The second-order valence-electron chi connectivity index (χ2n) is 6.47. The van der Waals surface area contributed by atoms with E-state index >= 15 is 0 Å². The lowest BCUT2D eigenvalue weighted by atomic mass is 10.1. The van der Waals surface area contributed by atoms with Gasteiger partial charge in [0, 0.05) is 42.1 Å². The highest BCUT2D eigenvalue weighted by molar-refractivity contribution is 5.91. The summed E-state index contributed by atoms with van der Waals surface area (Å²) >= 11 is 0. The van der Waals surface area contributed by atoms with Crippen molar-refractivity contribution < 1.29 is 9.18 Å². The number of pyridine rings is 3. The lowest BCUT2D eigenvalue weighted by Crippen LogP contribution is -2.15. The van der Waals surface area contributed by atoms with Crippen LogP contribution in [0, 0.1) is 0 Å². The van der Waals surface area contributed by atoms with Crippen molar-refractivity contribution in [1.82, 2.24) is 24.9 Å². The van der Waals surface area contributed by atoms with Crippen molar-refractivity contribution >= 4 is 11.7 Å². The molecular weight excluding hydrogens is 383 g/mol. The second-order valence-corrected chi connectivity index (χ2v) is 6.47. The molecule has 1 amide bonds. The van der Waals surface area contributed by atoms with Gasteiger partial charge >= 0.3 is 0 Å². The smallest absolute Gasteiger partial charge is 0.230 e. The second kappa shape index (κ2) is 8.95. The van der Waals surface area contributed by atoms with E-state index in [1.54, 1.807) is 61.4 Å². The molecule has 8 heteroatoms. The van der Waals surface area contributed by atoms with E-state index in [4.69, 9.17) is 0 Å². The van der Waals surface area contributed by atoms with Crippen LogP contribution in [0.15, 0.2) is 73.6 Å². The number of nitrogens with one attached hydrogen (secondary N) is 1. The van der Waals surface area contributed by atoms with Gasteiger partial charge in [-0.25, -0.2) is 9.37 Å². The first-order valence-electron chi connectivity index (χ1n) is 9.20. The van der Waals surface area contributed by atoms with Crippen molar-refractivity contribution in [1.29, 1.82) is 0 Å². The summed E-state index contributed by atoms with van der Waals surface area (Å²) in [5, 5.41) is 2.77. The van der Waals surface area contributed by atoms with Gasteiger partial charge in [0.15, 0.2) is 0 Å². The fourth-order valence-electron chi connectivity index (χ4n) is 2.85. The molecular formula is C22H17FN6O. The average molecular weight is 400 g/mol. The van der Waals surface area contributed by atoms with Crippen LogP contribution < -0.4 is 5.32 Å². The van der Waals surface area contributed by atoms with E-state index in [1.165, 1.54) is 0 Å². The molecule has 0 spiro atoms. The van der Waals surface area contributed by atoms with Gasteiger partial charge < -0.3 is 5.32 Å². The molecule has 0 bridgehead atoms. The van der Waals surface area contributed by atoms with Gasteiger partial charge in [0.1, 0.15) is 12.5 Å². The van der Waals surface area contributed by atoms with E-state index in [-0.39, 0.29) is 12.3 Å². The molecule has 0 fully saturated rings. The van der Waals surface area contributed by atoms with E-state index in [0.29, 0.717) is 22.9 Å². The predicted octanol–water partition coefficient (Wildman–Crippen LogP) is 3.65. The Morgan fingerprint density at radius 1 is 0.833 bits per heavy atom. The highest BCUT2D eigenvalue weighted by atomic mass is 19.1. The Morgan fingerprint density at radius 2 is 1.77 bits per heavy atom. The Bertz CT molecular complexity index is 1130. The molecule has 0 unspecified atom stereocenters. The van der Waals surface area contributed by atoms with Gasteiger partial charge in [0.25, 0.3) is 0 Å². The summed E-state index contributed by atoms with van der Waals surface area (Å²) in [4.78, 5) is 33.1. The first-order chi connectivity index (χ1) is 14.7. The van der Waals surface area contributed by atoms with Crippen LogP contribution in [-0.4, -0.2) is 30.8 Å². The normalized spacial score (nSPS) is 10.6. The number of hydrogen-bond donors (Lipinski definition) is 1. The summed E-state index contributed by atoms with van der Waals surface area (Å²) in [6.45, 7) is -0.625. The molecule has 148 valence electrons. The Morgan fingerprint density at radius 3 is 2.47 bits per heavy atom. The standard InChI is InChI=1S/C22H17FN6O/c23-11-18-10-16(5-6-25-18)19-3-1-15(12-27-19)9-22(30)29-21-4-2-17(13-28-21)20-14-24-7-8-26-20/h1-8,10,12-14H,9,11H2,(H,28,29,30). The van der Waals surface area contributed by atoms with Gasteiger partial charge in [-0.15, -0.1) is 0 Å². The number of halogens is 1. The molecule has 0 aliphatic carbocycles. The van der Waals surface area contributed by atoms with Gasteiger partial charge in [0.2, 0.25) is 5.91 Å². The fraction of sp³-hybridized carbons (Fsp3) is 0.0909. The predicted molar refractivity (Wildman–Crippen MR) is 110 cm³/mol. The molecule has 4 heterocycles. The first-order valence-corrected chi connectivity index (χ1v) is 9.20. The van der Waals surface area contributed by atoms with Gasteiger partial charge in [-0.2, -0.15) is 0 Å². The number of amides is 1. The number of aromatic nitrogens is 5. The maximum atomic E-state index is 12.8. The summed E-state index contributed by atoms with van der Waals surface area (Å²) in [7, 11) is 0. The van der Waals surface area contributed by atoms with Gasteiger partial charge in [-0.3, -0.25) is 24.7 Å². The molecule has 0 saturated heterocycles. The molecule has 4 rings (SSSR count). The van der Waals surface area contributed by atoms with Crippen LogP contribution in [0.1, 0.15) is 11.3 Å². The molecule has 0 aromatic carbocycles. The average Bonchev–Trinajstić information content (AvgIpc) is 2.80. The summed E-state index contributed by atoms with van der Waals surface area (Å²) in [6.07, 6.45) is 9.84. The molecule has 0 atom stereocenters. The Labute approximate surface area is 172 Å². The van der Waals surface area contributed by atoms with Gasteiger partial charge in [0.05, 0.1) is 29.7 Å². The van der Waals surface area contributed by atoms with Crippen molar-refractivity contribution in [3.63, 3.8) is 0 Å². The Kier molecular flexibility index (Phi) is 5.75. The van der Waals surface area contributed by atoms with Crippen LogP contribution in [0.25, 0.3) is 22.5 Å². The zero-order chi connectivity index (χ0) is 20.8. The van der Waals surface area contributed by atoms with Crippen molar-refractivity contribution in [2.24, 2.45) is 0 Å². The maximum absolute atomic E-state index is 12.8. The minimum absolute atomic E-state index is 0.160. The third kappa shape index (κ3) is 4.67. The van der Waals surface area contributed by atoms with Gasteiger partial charge in [-0.05, 0) is 35.9 Å². The van der Waals surface area contributed by atoms with Crippen LogP contribution in [0.3, 0.4) is 0 Å². The number of hydrogen-bond acceptors (Lipinski definition) is 6. The van der Waals surface area contributed by atoms with Crippen LogP contribution in [-0.2, 0) is 17.9 Å². The molecule has 0 aliphatic rings. The summed E-state index contributed by atoms with van der Waals surface area (Å²) in [5.74, 6) is 0.251. The SMILES string of the molecule is O=C(Cc1ccc(-c2ccnc(CF)c2)nc1)Nc1ccc(-c2cnccn2)cn1. The van der Waals surface area contributed by atoms with Crippen LogP contribution >= 0.6 is 0 Å². The molecule has 1 N–H and O–H groups in total. The molecule has 0 saturated carbocycles. The molecule has 4 aromatic rings. The lowest BCUT2D eigenvalue weighted by molar-refractivity contribution is -0.115. The maximum Gasteiger partial charge on any atom is 0.230 e. The minimum atomic E-state index is -0.625. The monoisotopic (exact) mass is 400 g/mol. The Hall–Kier alpha value is -4.07. The van der Waals surface area contributed by atoms with Crippen molar-refractivity contribution in [3.8, 4) is 22.5 Å². The summed E-state index contributed by atoms with van der Waals surface area (Å²) in [5.41, 5.74) is 4.11. The summed E-state index contributed by atoms with van der Waals surface area (Å²) in [6, 6.07) is 10.6. The van der Waals surface area contributed by atoms with Crippen LogP contribution in [0.2, 0.25) is 0 Å². The number of carbonyl (C=O) groups excluding carboxylic acids is 1. The van der Waals surface area contributed by atoms with Crippen molar-refractivity contribution in [3.05, 3.63) is 84.8 Å². The number of rotatable bonds is 6. The largest absolute Gasteiger partial charge is 0.310 e. The van der Waals surface area contributed by atoms with Crippen LogP contribution in [0.4, 0.5) is 10.2 Å². The van der Waals surface area contributed by atoms with Crippen LogP contribution in [0.5, 0.6) is 0 Å². The fourth-order valence-corrected chi connectivity index (χ4v) is 2.85. The zero-order valence-corrected chi connectivity index (χ0v) is 15.9. The van der Waals surface area contributed by atoms with Crippen molar-refractivity contribution in [2.75, 3.05) is 5.32 Å².